The molecule has 0 aromatic heterocycles. The number of methoxy groups -OCH3 is 1. The second-order valence-electron chi connectivity index (χ2n) is 3.75. The monoisotopic (exact) mass is 207 g/mol. The van der Waals surface area contributed by atoms with E-state index in [-0.39, 0.29) is 11.8 Å². The molecule has 0 radical (unpaired) electrons. The molecule has 0 saturated heterocycles. The lowest BCUT2D eigenvalue weighted by atomic mass is 10.0. The van der Waals surface area contributed by atoms with E-state index in [2.05, 4.69) is 0 Å². The van der Waals surface area contributed by atoms with Crippen LogP contribution in [0, 0.1) is 0 Å². The highest BCUT2D eigenvalue weighted by Gasteiger charge is 2.19. The third-order valence-electron chi connectivity index (χ3n) is 2.31. The highest BCUT2D eigenvalue weighted by Crippen LogP contribution is 2.23. The van der Waals surface area contributed by atoms with Gasteiger partial charge in [0.05, 0.1) is 13.2 Å². The third-order valence-corrected chi connectivity index (χ3v) is 2.31. The second kappa shape index (κ2) is 4.94. The Labute approximate surface area is 90.7 Å². The van der Waals surface area contributed by atoms with Crippen molar-refractivity contribution in [3.05, 3.63) is 29.8 Å². The zero-order valence-corrected chi connectivity index (χ0v) is 9.65. The second-order valence-corrected chi connectivity index (χ2v) is 3.75. The van der Waals surface area contributed by atoms with E-state index in [1.54, 1.807) is 14.0 Å². The van der Waals surface area contributed by atoms with Gasteiger partial charge in [-0.15, -0.1) is 0 Å². The first-order valence-electron chi connectivity index (χ1n) is 4.87. The fourth-order valence-corrected chi connectivity index (χ4v) is 1.71. The Morgan fingerprint density at radius 3 is 2.53 bits per heavy atom. The maximum absolute atomic E-state index is 11.5. The van der Waals surface area contributed by atoms with E-state index in [4.69, 9.17) is 4.74 Å². The first-order valence-corrected chi connectivity index (χ1v) is 4.87. The van der Waals surface area contributed by atoms with Gasteiger partial charge in [-0.2, -0.15) is 0 Å². The molecule has 1 atom stereocenters. The standard InChI is InChI=1S/C12H17NO2/c1-9(14)12(13(2)3)10-6-5-7-11(8-10)15-4/h5-8,12H,1-4H3. The van der Waals surface area contributed by atoms with Crippen molar-refractivity contribution in [2.45, 2.75) is 13.0 Å². The molecule has 3 heteroatoms. The van der Waals surface area contributed by atoms with Crippen molar-refractivity contribution in [2.75, 3.05) is 21.2 Å². The summed E-state index contributed by atoms with van der Waals surface area (Å²) in [5, 5.41) is 0. The lowest BCUT2D eigenvalue weighted by Crippen LogP contribution is -2.25. The molecule has 0 N–H and O–H groups in total. The molecule has 0 aliphatic carbocycles. The van der Waals surface area contributed by atoms with E-state index in [1.807, 2.05) is 43.3 Å². The van der Waals surface area contributed by atoms with Crippen LogP contribution in [0.5, 0.6) is 5.75 Å². The topological polar surface area (TPSA) is 29.5 Å². The van der Waals surface area contributed by atoms with Crippen LogP contribution in [0.1, 0.15) is 18.5 Å². The molecule has 1 aromatic rings. The van der Waals surface area contributed by atoms with Gasteiger partial charge in [-0.1, -0.05) is 12.1 Å². The molecule has 0 aliphatic rings. The Morgan fingerprint density at radius 2 is 2.07 bits per heavy atom. The van der Waals surface area contributed by atoms with Crippen molar-refractivity contribution in [1.82, 2.24) is 4.90 Å². The number of carbonyl (C=O) groups excluding carboxylic acids is 1. The number of nitrogens with zero attached hydrogens (tertiary/aromatic N) is 1. The Hall–Kier alpha value is -1.35. The van der Waals surface area contributed by atoms with Crippen molar-refractivity contribution < 1.29 is 9.53 Å². The van der Waals surface area contributed by atoms with E-state index in [0.29, 0.717) is 0 Å². The SMILES string of the molecule is COc1cccc(C(C(C)=O)N(C)C)c1. The molecule has 0 saturated carbocycles. The first kappa shape index (κ1) is 11.7. The number of ketones is 1. The fourth-order valence-electron chi connectivity index (χ4n) is 1.71. The Morgan fingerprint density at radius 1 is 1.40 bits per heavy atom. The van der Waals surface area contributed by atoms with Crippen molar-refractivity contribution in [2.24, 2.45) is 0 Å². The number of ether oxygens (including phenoxy) is 1. The van der Waals surface area contributed by atoms with Crippen LogP contribution >= 0.6 is 0 Å². The summed E-state index contributed by atoms with van der Waals surface area (Å²) in [6.07, 6.45) is 0. The number of rotatable bonds is 4. The summed E-state index contributed by atoms with van der Waals surface area (Å²) in [6.45, 7) is 1.60. The van der Waals surface area contributed by atoms with Crippen LogP contribution < -0.4 is 4.74 Å². The minimum atomic E-state index is -0.194. The molecular formula is C12H17NO2. The van der Waals surface area contributed by atoms with Crippen LogP contribution in [0.3, 0.4) is 0 Å². The largest absolute Gasteiger partial charge is 0.497 e. The predicted molar refractivity (Wildman–Crippen MR) is 60.1 cm³/mol. The highest BCUT2D eigenvalue weighted by molar-refractivity contribution is 5.82. The van der Waals surface area contributed by atoms with Gasteiger partial charge in [-0.25, -0.2) is 0 Å². The molecule has 0 amide bonds. The molecule has 1 aromatic carbocycles. The molecular weight excluding hydrogens is 190 g/mol. The van der Waals surface area contributed by atoms with Gasteiger partial charge >= 0.3 is 0 Å². The number of hydrogen-bond acceptors (Lipinski definition) is 3. The smallest absolute Gasteiger partial charge is 0.151 e. The summed E-state index contributed by atoms with van der Waals surface area (Å²) < 4.78 is 5.13. The lowest BCUT2D eigenvalue weighted by Gasteiger charge is -2.22. The summed E-state index contributed by atoms with van der Waals surface area (Å²) in [6, 6.07) is 7.41. The maximum atomic E-state index is 11.5. The van der Waals surface area contributed by atoms with Crippen molar-refractivity contribution in [1.29, 1.82) is 0 Å². The summed E-state index contributed by atoms with van der Waals surface area (Å²) in [7, 11) is 5.41. The highest BCUT2D eigenvalue weighted by atomic mass is 16.5. The molecule has 0 aliphatic heterocycles. The summed E-state index contributed by atoms with van der Waals surface area (Å²) in [5.41, 5.74) is 0.965. The molecule has 0 spiro atoms. The molecule has 1 rings (SSSR count). The maximum Gasteiger partial charge on any atom is 0.151 e. The minimum absolute atomic E-state index is 0.133. The van der Waals surface area contributed by atoms with E-state index in [9.17, 15) is 4.79 Å². The molecule has 82 valence electrons. The summed E-state index contributed by atoms with van der Waals surface area (Å²) in [4.78, 5) is 13.4. The van der Waals surface area contributed by atoms with Crippen LogP contribution in [0.2, 0.25) is 0 Å². The average Bonchev–Trinajstić information content (AvgIpc) is 2.17. The van der Waals surface area contributed by atoms with Gasteiger partial charge in [0.1, 0.15) is 5.75 Å². The molecule has 0 bridgehead atoms. The van der Waals surface area contributed by atoms with Crippen LogP contribution in [0.15, 0.2) is 24.3 Å². The van der Waals surface area contributed by atoms with E-state index >= 15 is 0 Å². The van der Waals surface area contributed by atoms with Gasteiger partial charge < -0.3 is 4.74 Å². The zero-order chi connectivity index (χ0) is 11.4. The number of carbonyl (C=O) groups is 1. The van der Waals surface area contributed by atoms with E-state index in [1.165, 1.54) is 0 Å². The number of Topliss-reactive ketones (excluding diaryl/α,β-unsaturated/α-hetero) is 1. The summed E-state index contributed by atoms with van der Waals surface area (Å²) >= 11 is 0. The fraction of sp³-hybridized carbons (Fsp3) is 0.417. The predicted octanol–water partition coefficient (Wildman–Crippen LogP) is 1.89. The van der Waals surface area contributed by atoms with Gasteiger partial charge in [-0.3, -0.25) is 9.69 Å². The lowest BCUT2D eigenvalue weighted by molar-refractivity contribution is -0.121. The van der Waals surface area contributed by atoms with E-state index < -0.39 is 0 Å². The van der Waals surface area contributed by atoms with Crippen LogP contribution in [0.4, 0.5) is 0 Å². The van der Waals surface area contributed by atoms with Gasteiger partial charge in [0.25, 0.3) is 0 Å². The molecule has 3 nitrogen and oxygen atoms in total. The van der Waals surface area contributed by atoms with Crippen molar-refractivity contribution >= 4 is 5.78 Å². The van der Waals surface area contributed by atoms with Crippen molar-refractivity contribution in [3.8, 4) is 5.75 Å². The van der Waals surface area contributed by atoms with Gasteiger partial charge in [0.2, 0.25) is 0 Å². The van der Waals surface area contributed by atoms with E-state index in [0.717, 1.165) is 11.3 Å². The van der Waals surface area contributed by atoms with Crippen LogP contribution in [0.25, 0.3) is 0 Å². The Balaban J connectivity index is 3.05. The third kappa shape index (κ3) is 2.80. The molecule has 1 unspecified atom stereocenters. The normalized spacial score (nSPS) is 12.6. The molecule has 0 fully saturated rings. The Bertz CT molecular complexity index is 347. The summed E-state index contributed by atoms with van der Waals surface area (Å²) in [5.74, 6) is 0.911. The molecule has 0 heterocycles. The van der Waals surface area contributed by atoms with Gasteiger partial charge in [0, 0.05) is 0 Å². The van der Waals surface area contributed by atoms with Gasteiger partial charge in [0.15, 0.2) is 5.78 Å². The van der Waals surface area contributed by atoms with Crippen molar-refractivity contribution in [3.63, 3.8) is 0 Å². The van der Waals surface area contributed by atoms with Gasteiger partial charge in [-0.05, 0) is 38.7 Å². The number of benzene rings is 1. The zero-order valence-electron chi connectivity index (χ0n) is 9.65. The number of hydrogen-bond donors (Lipinski definition) is 0. The first-order chi connectivity index (χ1) is 7.06. The van der Waals surface area contributed by atoms with Crippen LogP contribution in [-0.2, 0) is 4.79 Å². The Kier molecular flexibility index (Phi) is 3.86. The number of likely N-dealkylation sites (N-methyl/N-ethyl adjacent to an activating group) is 1. The average molecular weight is 207 g/mol. The quantitative estimate of drug-likeness (QED) is 0.755. The van der Waals surface area contributed by atoms with Crippen LogP contribution in [-0.4, -0.2) is 31.9 Å². The minimum Gasteiger partial charge on any atom is -0.497 e. The molecule has 15 heavy (non-hydrogen) atoms.